The molecule has 0 saturated carbocycles. The highest BCUT2D eigenvalue weighted by molar-refractivity contribution is 7.92. The molecular formula is C16H23NO4S. The molecule has 0 unspecified atom stereocenters. The molecule has 0 aromatic heterocycles. The van der Waals surface area contributed by atoms with Crippen LogP contribution in [0, 0.1) is 0 Å². The number of nitrogens with zero attached hydrogens (tertiary/aromatic N) is 1. The molecule has 0 amide bonds. The molecule has 1 N–H and O–H groups in total. The summed E-state index contributed by atoms with van der Waals surface area (Å²) in [5.41, 5.74) is 2.57. The summed E-state index contributed by atoms with van der Waals surface area (Å²) in [6.07, 6.45) is 0.887. The van der Waals surface area contributed by atoms with Gasteiger partial charge in [-0.25, -0.2) is 8.42 Å². The lowest BCUT2D eigenvalue weighted by Gasteiger charge is -2.30. The molecule has 2 rings (SSSR count). The van der Waals surface area contributed by atoms with Crippen molar-refractivity contribution in [3.05, 3.63) is 35.4 Å². The van der Waals surface area contributed by atoms with Crippen molar-refractivity contribution in [1.29, 1.82) is 0 Å². The summed E-state index contributed by atoms with van der Waals surface area (Å²) >= 11 is 0. The number of hydrogen-bond donors (Lipinski definition) is 1. The van der Waals surface area contributed by atoms with Crippen molar-refractivity contribution in [2.24, 2.45) is 0 Å². The number of carboxylic acid groups (broad SMARTS) is 1. The van der Waals surface area contributed by atoms with Gasteiger partial charge < -0.3 is 10.0 Å². The predicted molar refractivity (Wildman–Crippen MR) is 85.9 cm³/mol. The molecule has 0 saturated heterocycles. The van der Waals surface area contributed by atoms with Crippen LogP contribution in [0.4, 0.5) is 0 Å². The van der Waals surface area contributed by atoms with Crippen LogP contribution in [-0.2, 0) is 26.5 Å². The van der Waals surface area contributed by atoms with Crippen LogP contribution < -0.4 is 0 Å². The first-order valence-electron chi connectivity index (χ1n) is 7.43. The van der Waals surface area contributed by atoms with E-state index in [9.17, 15) is 13.2 Å². The summed E-state index contributed by atoms with van der Waals surface area (Å²) in [5.74, 6) is -2.18. The number of sulfone groups is 1. The lowest BCUT2D eigenvalue weighted by molar-refractivity contribution is -0.134. The van der Waals surface area contributed by atoms with Crippen molar-refractivity contribution in [1.82, 2.24) is 4.90 Å². The minimum absolute atomic E-state index is 0.0519. The van der Waals surface area contributed by atoms with Gasteiger partial charge >= 0.3 is 5.97 Å². The average Bonchev–Trinajstić information content (AvgIpc) is 2.52. The van der Waals surface area contributed by atoms with Gasteiger partial charge in [0.1, 0.15) is 5.75 Å². The maximum atomic E-state index is 11.7. The van der Waals surface area contributed by atoms with E-state index in [-0.39, 0.29) is 11.2 Å². The van der Waals surface area contributed by atoms with E-state index in [4.69, 9.17) is 5.11 Å². The van der Waals surface area contributed by atoms with E-state index in [0.29, 0.717) is 6.54 Å². The Kier molecular flexibility index (Phi) is 4.92. The lowest BCUT2D eigenvalue weighted by atomic mass is 9.82. The zero-order chi connectivity index (χ0) is 16.4. The Balaban J connectivity index is 2.06. The molecule has 5 nitrogen and oxygen atoms in total. The highest BCUT2D eigenvalue weighted by Gasteiger charge is 2.29. The van der Waals surface area contributed by atoms with Crippen LogP contribution in [0.5, 0.6) is 0 Å². The fourth-order valence-electron chi connectivity index (χ4n) is 3.12. The summed E-state index contributed by atoms with van der Waals surface area (Å²) in [6, 6.07) is 8.33. The molecule has 22 heavy (non-hydrogen) atoms. The first kappa shape index (κ1) is 17.0. The molecule has 0 radical (unpaired) electrons. The standard InChI is InChI=1S/C16H23NO4S/c1-16(2)12-17(9-10-22(20,21)11-15(18)19)8-7-13-5-3-4-6-14(13)16/h3-6H,7-12H2,1-2H3,(H,18,19). The molecule has 0 fully saturated rings. The maximum Gasteiger partial charge on any atom is 0.318 e. The summed E-state index contributed by atoms with van der Waals surface area (Å²) < 4.78 is 23.5. The minimum atomic E-state index is -3.54. The quantitative estimate of drug-likeness (QED) is 0.884. The number of aliphatic carboxylic acids is 1. The van der Waals surface area contributed by atoms with Crippen LogP contribution in [0.2, 0.25) is 0 Å². The number of carboxylic acids is 1. The molecule has 0 bridgehead atoms. The van der Waals surface area contributed by atoms with E-state index in [1.807, 2.05) is 12.1 Å². The molecule has 6 heteroatoms. The Bertz CT molecular complexity index is 652. The molecular weight excluding hydrogens is 302 g/mol. The SMILES string of the molecule is CC1(C)CN(CCS(=O)(=O)CC(=O)O)CCc2ccccc21. The van der Waals surface area contributed by atoms with Gasteiger partial charge in [-0.15, -0.1) is 0 Å². The van der Waals surface area contributed by atoms with E-state index in [2.05, 4.69) is 30.9 Å². The number of rotatable bonds is 5. The Morgan fingerprint density at radius 3 is 2.68 bits per heavy atom. The highest BCUT2D eigenvalue weighted by atomic mass is 32.2. The molecule has 1 aromatic rings. The first-order valence-corrected chi connectivity index (χ1v) is 9.25. The monoisotopic (exact) mass is 325 g/mol. The summed E-state index contributed by atoms with van der Waals surface area (Å²) in [4.78, 5) is 12.7. The van der Waals surface area contributed by atoms with Crippen molar-refractivity contribution in [3.8, 4) is 0 Å². The van der Waals surface area contributed by atoms with E-state index in [0.717, 1.165) is 19.5 Å². The molecule has 0 aliphatic carbocycles. The number of fused-ring (bicyclic) bond motifs is 1. The van der Waals surface area contributed by atoms with E-state index < -0.39 is 21.6 Å². The zero-order valence-corrected chi connectivity index (χ0v) is 13.9. The largest absolute Gasteiger partial charge is 0.480 e. The van der Waals surface area contributed by atoms with Gasteiger partial charge in [0.25, 0.3) is 0 Å². The van der Waals surface area contributed by atoms with Crippen LogP contribution in [0.1, 0.15) is 25.0 Å². The lowest BCUT2D eigenvalue weighted by Crippen LogP contribution is -2.39. The molecule has 122 valence electrons. The van der Waals surface area contributed by atoms with Crippen LogP contribution in [0.3, 0.4) is 0 Å². The molecule has 1 aromatic carbocycles. The third kappa shape index (κ3) is 4.30. The molecule has 1 aliphatic rings. The second kappa shape index (κ2) is 6.38. The topological polar surface area (TPSA) is 74.7 Å². The molecule has 1 heterocycles. The Morgan fingerprint density at radius 2 is 2.00 bits per heavy atom. The van der Waals surface area contributed by atoms with Gasteiger partial charge in [-0.3, -0.25) is 4.79 Å². The zero-order valence-electron chi connectivity index (χ0n) is 13.1. The van der Waals surface area contributed by atoms with Gasteiger partial charge in [-0.1, -0.05) is 38.1 Å². The minimum Gasteiger partial charge on any atom is -0.480 e. The van der Waals surface area contributed by atoms with Crippen LogP contribution >= 0.6 is 0 Å². The second-order valence-corrected chi connectivity index (χ2v) is 8.74. The van der Waals surface area contributed by atoms with Crippen LogP contribution in [0.25, 0.3) is 0 Å². The molecule has 0 atom stereocenters. The van der Waals surface area contributed by atoms with Crippen molar-refractivity contribution in [3.63, 3.8) is 0 Å². The first-order chi connectivity index (χ1) is 10.2. The van der Waals surface area contributed by atoms with Gasteiger partial charge in [0.05, 0.1) is 5.75 Å². The van der Waals surface area contributed by atoms with Crippen molar-refractivity contribution in [2.45, 2.75) is 25.7 Å². The van der Waals surface area contributed by atoms with Crippen LogP contribution in [-0.4, -0.2) is 55.5 Å². The predicted octanol–water partition coefficient (Wildman–Crippen LogP) is 1.32. The number of hydrogen-bond acceptors (Lipinski definition) is 4. The summed E-state index contributed by atoms with van der Waals surface area (Å²) in [7, 11) is -3.54. The molecule has 1 aliphatic heterocycles. The summed E-state index contributed by atoms with van der Waals surface area (Å²) in [5, 5.41) is 8.64. The van der Waals surface area contributed by atoms with Gasteiger partial charge in [-0.2, -0.15) is 0 Å². The Labute approximate surface area is 131 Å². The third-order valence-corrected chi connectivity index (χ3v) is 5.62. The fourth-order valence-corrected chi connectivity index (χ4v) is 4.18. The smallest absolute Gasteiger partial charge is 0.318 e. The Morgan fingerprint density at radius 1 is 1.32 bits per heavy atom. The van der Waals surface area contributed by atoms with Crippen LogP contribution in [0.15, 0.2) is 24.3 Å². The number of benzene rings is 1. The van der Waals surface area contributed by atoms with Crippen molar-refractivity contribution in [2.75, 3.05) is 31.1 Å². The third-order valence-electron chi connectivity index (χ3n) is 4.12. The van der Waals surface area contributed by atoms with E-state index >= 15 is 0 Å². The van der Waals surface area contributed by atoms with E-state index in [1.165, 1.54) is 11.1 Å². The van der Waals surface area contributed by atoms with Crippen molar-refractivity contribution < 1.29 is 18.3 Å². The normalized spacial score (nSPS) is 18.5. The van der Waals surface area contributed by atoms with Crippen molar-refractivity contribution >= 4 is 15.8 Å². The Hall–Kier alpha value is -1.40. The molecule has 0 spiro atoms. The number of carbonyl (C=O) groups is 1. The maximum absolute atomic E-state index is 11.7. The average molecular weight is 325 g/mol. The highest BCUT2D eigenvalue weighted by Crippen LogP contribution is 2.30. The van der Waals surface area contributed by atoms with Gasteiger partial charge in [0.2, 0.25) is 0 Å². The second-order valence-electron chi connectivity index (χ2n) is 6.55. The van der Waals surface area contributed by atoms with E-state index in [1.54, 1.807) is 0 Å². The van der Waals surface area contributed by atoms with Gasteiger partial charge in [0.15, 0.2) is 9.84 Å². The summed E-state index contributed by atoms with van der Waals surface area (Å²) in [6.45, 7) is 6.27. The van der Waals surface area contributed by atoms with Gasteiger partial charge in [0, 0.05) is 25.0 Å². The fraction of sp³-hybridized carbons (Fsp3) is 0.562. The van der Waals surface area contributed by atoms with Gasteiger partial charge in [-0.05, 0) is 17.5 Å².